The number of aliphatic hydroxyl groups is 1. The summed E-state index contributed by atoms with van der Waals surface area (Å²) in [6.45, 7) is 3.80. The number of hydrogen-bond donors (Lipinski definition) is 2. The zero-order chi connectivity index (χ0) is 14.7. The van der Waals surface area contributed by atoms with E-state index in [-0.39, 0.29) is 37.2 Å². The number of aromatic nitrogens is 4. The minimum absolute atomic E-state index is 0.0159. The first-order chi connectivity index (χ1) is 9.52. The molecule has 0 aliphatic rings. The molecule has 2 N–H and O–H groups in total. The molecule has 0 saturated heterocycles. The quantitative estimate of drug-likeness (QED) is 0.739. The summed E-state index contributed by atoms with van der Waals surface area (Å²) in [6.07, 6.45) is 2.72. The van der Waals surface area contributed by atoms with Gasteiger partial charge in [-0.2, -0.15) is 5.10 Å². The first-order valence-electron chi connectivity index (χ1n) is 6.34. The molecule has 8 heteroatoms. The molecular weight excluding hydrogens is 262 g/mol. The van der Waals surface area contributed by atoms with E-state index < -0.39 is 0 Å². The Balaban J connectivity index is 2.31. The maximum absolute atomic E-state index is 12.2. The fourth-order valence-corrected chi connectivity index (χ4v) is 1.89. The van der Waals surface area contributed by atoms with Crippen LogP contribution in [0.1, 0.15) is 13.8 Å². The molecular formula is C12H17N5O3. The molecule has 20 heavy (non-hydrogen) atoms. The third-order valence-electron chi connectivity index (χ3n) is 2.70. The van der Waals surface area contributed by atoms with E-state index in [9.17, 15) is 9.59 Å². The normalized spacial score (nSPS) is 11.2. The van der Waals surface area contributed by atoms with Crippen molar-refractivity contribution in [1.82, 2.24) is 24.6 Å². The lowest BCUT2D eigenvalue weighted by Crippen LogP contribution is -2.36. The van der Waals surface area contributed by atoms with Crippen molar-refractivity contribution in [2.45, 2.75) is 33.0 Å². The van der Waals surface area contributed by atoms with Gasteiger partial charge in [0.25, 0.3) is 5.56 Å². The number of nitrogens with zero attached hydrogens (tertiary/aromatic N) is 4. The summed E-state index contributed by atoms with van der Waals surface area (Å²) in [5.41, 5.74) is 0.0858. The summed E-state index contributed by atoms with van der Waals surface area (Å²) in [5, 5.41) is 15.9. The van der Waals surface area contributed by atoms with Crippen LogP contribution >= 0.6 is 0 Å². The highest BCUT2D eigenvalue weighted by Crippen LogP contribution is 2.04. The first-order valence-corrected chi connectivity index (χ1v) is 6.34. The number of fused-ring (bicyclic) bond motifs is 1. The minimum Gasteiger partial charge on any atom is -0.394 e. The van der Waals surface area contributed by atoms with E-state index >= 15 is 0 Å². The van der Waals surface area contributed by atoms with Gasteiger partial charge in [0.2, 0.25) is 5.91 Å². The van der Waals surface area contributed by atoms with Gasteiger partial charge in [0.1, 0.15) is 18.3 Å². The smallest absolute Gasteiger partial charge is 0.264 e. The number of carbonyl (C=O) groups is 1. The maximum Gasteiger partial charge on any atom is 0.264 e. The molecule has 0 atom stereocenters. The Morgan fingerprint density at radius 1 is 1.50 bits per heavy atom. The molecule has 0 fully saturated rings. The lowest BCUT2D eigenvalue weighted by atomic mass is 10.4. The Bertz CT molecular complexity index is 673. The van der Waals surface area contributed by atoms with Gasteiger partial charge in [-0.15, -0.1) is 0 Å². The molecule has 2 rings (SSSR count). The van der Waals surface area contributed by atoms with Gasteiger partial charge in [0, 0.05) is 6.04 Å². The van der Waals surface area contributed by atoms with Gasteiger partial charge in [-0.1, -0.05) is 0 Å². The summed E-state index contributed by atoms with van der Waals surface area (Å²) < 4.78 is 2.69. The van der Waals surface area contributed by atoms with Crippen LogP contribution in [-0.4, -0.2) is 43.0 Å². The minimum atomic E-state index is -0.321. The van der Waals surface area contributed by atoms with Crippen LogP contribution in [0.4, 0.5) is 0 Å². The van der Waals surface area contributed by atoms with Crippen molar-refractivity contribution in [3.05, 3.63) is 22.9 Å². The summed E-state index contributed by atoms with van der Waals surface area (Å²) in [6, 6.07) is 0.0159. The highest BCUT2D eigenvalue weighted by molar-refractivity contribution is 5.77. The van der Waals surface area contributed by atoms with Gasteiger partial charge in [-0.25, -0.2) is 9.67 Å². The van der Waals surface area contributed by atoms with Gasteiger partial charge in [-0.05, 0) is 13.8 Å². The molecule has 0 unspecified atom stereocenters. The molecule has 0 saturated carbocycles. The zero-order valence-electron chi connectivity index (χ0n) is 11.4. The Morgan fingerprint density at radius 3 is 2.90 bits per heavy atom. The van der Waals surface area contributed by atoms with Gasteiger partial charge in [-0.3, -0.25) is 14.2 Å². The highest BCUT2D eigenvalue weighted by atomic mass is 16.3. The average Bonchev–Trinajstić information content (AvgIpc) is 2.76. The second-order valence-corrected chi connectivity index (χ2v) is 4.73. The number of carbonyl (C=O) groups excluding carboxylic acids is 1. The second-order valence-electron chi connectivity index (χ2n) is 4.73. The second kappa shape index (κ2) is 5.83. The van der Waals surface area contributed by atoms with Crippen LogP contribution in [-0.2, 0) is 17.9 Å². The summed E-state index contributed by atoms with van der Waals surface area (Å²) in [7, 11) is 0. The summed E-state index contributed by atoms with van der Waals surface area (Å²) in [5.74, 6) is -0.244. The van der Waals surface area contributed by atoms with Crippen molar-refractivity contribution in [2.24, 2.45) is 0 Å². The van der Waals surface area contributed by atoms with Crippen molar-refractivity contribution in [3.8, 4) is 0 Å². The molecule has 8 nitrogen and oxygen atoms in total. The topological polar surface area (TPSA) is 102 Å². The largest absolute Gasteiger partial charge is 0.394 e. The van der Waals surface area contributed by atoms with Gasteiger partial charge < -0.3 is 10.4 Å². The van der Waals surface area contributed by atoms with E-state index in [0.717, 1.165) is 0 Å². The van der Waals surface area contributed by atoms with Crippen LogP contribution in [0.3, 0.4) is 0 Å². The predicted octanol–water partition coefficient (Wildman–Crippen LogP) is -0.890. The summed E-state index contributed by atoms with van der Waals surface area (Å²) in [4.78, 5) is 28.0. The van der Waals surface area contributed by atoms with Crippen LogP contribution in [0.5, 0.6) is 0 Å². The van der Waals surface area contributed by atoms with Gasteiger partial charge in [0.15, 0.2) is 5.65 Å². The lowest BCUT2D eigenvalue weighted by molar-refractivity contribution is -0.122. The van der Waals surface area contributed by atoms with Crippen LogP contribution in [0.2, 0.25) is 0 Å². The molecule has 0 aliphatic heterocycles. The number of rotatable bonds is 5. The van der Waals surface area contributed by atoms with E-state index in [1.54, 1.807) is 0 Å². The third-order valence-corrected chi connectivity index (χ3v) is 2.70. The molecule has 108 valence electrons. The molecule has 0 radical (unpaired) electrons. The third kappa shape index (κ3) is 2.85. The Labute approximate surface area is 115 Å². The summed E-state index contributed by atoms with van der Waals surface area (Å²) >= 11 is 0. The fourth-order valence-electron chi connectivity index (χ4n) is 1.89. The lowest BCUT2D eigenvalue weighted by Gasteiger charge is -2.09. The Morgan fingerprint density at radius 2 is 2.25 bits per heavy atom. The van der Waals surface area contributed by atoms with Crippen LogP contribution in [0.25, 0.3) is 11.0 Å². The molecule has 2 aromatic heterocycles. The number of nitrogens with one attached hydrogen (secondary N) is 1. The van der Waals surface area contributed by atoms with Crippen molar-refractivity contribution >= 4 is 16.9 Å². The molecule has 2 heterocycles. The molecule has 0 aliphatic carbocycles. The first kappa shape index (κ1) is 14.2. The number of hydrogen-bond acceptors (Lipinski definition) is 5. The van der Waals surface area contributed by atoms with E-state index in [0.29, 0.717) is 11.0 Å². The maximum atomic E-state index is 12.2. The van der Waals surface area contributed by atoms with Gasteiger partial charge >= 0.3 is 0 Å². The molecule has 0 spiro atoms. The molecule has 1 amide bonds. The number of aliphatic hydroxyl groups excluding tert-OH is 1. The highest BCUT2D eigenvalue weighted by Gasteiger charge is 2.12. The average molecular weight is 279 g/mol. The Kier molecular flexibility index (Phi) is 4.14. The van der Waals surface area contributed by atoms with Crippen LogP contribution in [0, 0.1) is 0 Å². The van der Waals surface area contributed by atoms with Crippen LogP contribution in [0.15, 0.2) is 17.3 Å². The van der Waals surface area contributed by atoms with Gasteiger partial charge in [0.05, 0.1) is 19.3 Å². The van der Waals surface area contributed by atoms with E-state index in [2.05, 4.69) is 15.4 Å². The predicted molar refractivity (Wildman–Crippen MR) is 72.2 cm³/mol. The van der Waals surface area contributed by atoms with E-state index in [1.807, 2.05) is 13.8 Å². The van der Waals surface area contributed by atoms with Crippen molar-refractivity contribution in [3.63, 3.8) is 0 Å². The monoisotopic (exact) mass is 279 g/mol. The van der Waals surface area contributed by atoms with Crippen molar-refractivity contribution in [2.75, 3.05) is 6.61 Å². The standard InChI is InChI=1S/C12H17N5O3/c1-8(2)15-10(19)6-16-7-13-11-9(12(16)20)5-14-17(11)3-4-18/h5,7-8,18H,3-4,6H2,1-2H3,(H,15,19). The van der Waals surface area contributed by atoms with E-state index in [1.165, 1.54) is 21.8 Å². The number of amides is 1. The Hall–Kier alpha value is -2.22. The SMILES string of the molecule is CC(C)NC(=O)Cn1cnc2c(cnn2CCO)c1=O. The zero-order valence-corrected chi connectivity index (χ0v) is 11.4. The molecule has 2 aromatic rings. The van der Waals surface area contributed by atoms with E-state index in [4.69, 9.17) is 5.11 Å². The molecule has 0 aromatic carbocycles. The molecule has 0 bridgehead atoms. The van der Waals surface area contributed by atoms with Crippen molar-refractivity contribution < 1.29 is 9.90 Å². The fraction of sp³-hybridized carbons (Fsp3) is 0.500. The van der Waals surface area contributed by atoms with Crippen molar-refractivity contribution in [1.29, 1.82) is 0 Å². The van der Waals surface area contributed by atoms with Crippen LogP contribution < -0.4 is 10.9 Å².